The van der Waals surface area contributed by atoms with E-state index < -0.39 is 6.51 Å². The molecule has 10 heterocycles. The predicted octanol–water partition coefficient (Wildman–Crippen LogP) is 9.23. The summed E-state index contributed by atoms with van der Waals surface area (Å²) in [6.45, 7) is 9.25. The van der Waals surface area contributed by atoms with Gasteiger partial charge in [0, 0.05) is 0 Å². The van der Waals surface area contributed by atoms with Crippen molar-refractivity contribution in [2.24, 2.45) is 0 Å². The average Bonchev–Trinajstić information content (AvgIpc) is 3.56. The predicted molar refractivity (Wildman–Crippen MR) is 107 cm³/mol. The fraction of sp³-hybridized carbons (Fsp3) is 1.00. The normalized spacial score (nSPS) is 93.7. The van der Waals surface area contributed by atoms with Crippen LogP contribution in [0.2, 0.25) is 45.6 Å². The summed E-state index contributed by atoms with van der Waals surface area (Å²) in [6.07, 6.45) is 16.3. The molecule has 0 aromatic heterocycles. The van der Waals surface area contributed by atoms with E-state index in [1.807, 2.05) is 0 Å². The van der Waals surface area contributed by atoms with Gasteiger partial charge in [-0.1, -0.05) is 0 Å². The quantitative estimate of drug-likeness (QED) is 0.323. The Morgan fingerprint density at radius 1 is 0.500 bits per heavy atom. The van der Waals surface area contributed by atoms with Gasteiger partial charge in [0.1, 0.15) is 0 Å². The van der Waals surface area contributed by atoms with Crippen LogP contribution in [0.1, 0.15) is 98.8 Å². The molecule has 0 aromatic rings. The molecule has 10 fully saturated rings. The van der Waals surface area contributed by atoms with Crippen molar-refractivity contribution in [3.63, 3.8) is 0 Å². The van der Waals surface area contributed by atoms with Gasteiger partial charge in [-0.3, -0.25) is 0 Å². The van der Waals surface area contributed by atoms with E-state index >= 15 is 0 Å². The molecule has 10 aliphatic heterocycles. The molecule has 148 valence electrons. The molecule has 10 saturated heterocycles. The Labute approximate surface area is 150 Å². The zero-order chi connectivity index (χ0) is 17.8. The van der Waals surface area contributed by atoms with Crippen LogP contribution in [0.3, 0.4) is 0 Å². The second kappa shape index (κ2) is 1.52. The second-order valence-electron chi connectivity index (χ2n) is 14.6. The molecule has 0 amide bonds. The second-order valence-corrected chi connectivity index (χ2v) is 37.3. The van der Waals surface area contributed by atoms with E-state index in [-0.39, 0.29) is 0 Å². The van der Waals surface area contributed by atoms with Gasteiger partial charge in [-0.05, 0) is 0 Å². The van der Waals surface area contributed by atoms with E-state index in [0.29, 0.717) is 0 Å². The molecule has 10 aliphatic rings. The molecular weight excluding hydrogens is 356 g/mol. The summed E-state index contributed by atoms with van der Waals surface area (Å²) in [7, 11) is 0. The number of hydrogen-bond donors (Lipinski definition) is 0. The van der Waals surface area contributed by atoms with E-state index in [2.05, 4.69) is 34.6 Å². The van der Waals surface area contributed by atoms with Crippen LogP contribution >= 0.6 is 0 Å². The molecular formula is C25H40Fe. The summed E-state index contributed by atoms with van der Waals surface area (Å²) in [6, 6.07) is 0. The molecule has 0 radical (unpaired) electrons. The molecule has 0 aromatic carbocycles. The fourth-order valence-electron chi connectivity index (χ4n) is 25.3. The first-order valence-electron chi connectivity index (χ1n) is 12.6. The summed E-state index contributed by atoms with van der Waals surface area (Å²) in [4.78, 5) is 7.23. The van der Waals surface area contributed by atoms with Crippen LogP contribution in [0, 0.1) is 0 Å². The van der Waals surface area contributed by atoms with Gasteiger partial charge in [-0.2, -0.15) is 0 Å². The number of hydrogen-bond acceptors (Lipinski definition) is 0. The number of rotatable bonds is 10. The van der Waals surface area contributed by atoms with Crippen molar-refractivity contribution in [1.82, 2.24) is 0 Å². The first-order chi connectivity index (χ1) is 12.4. The molecule has 0 N–H and O–H groups in total. The molecule has 1 spiro atoms. The summed E-state index contributed by atoms with van der Waals surface area (Å²) < 4.78 is 5.44. The Balaban J connectivity index is 1.45. The first kappa shape index (κ1) is 13.7. The molecule has 8 atom stereocenters. The summed E-state index contributed by atoms with van der Waals surface area (Å²) in [5.41, 5.74) is 0. The molecule has 8 unspecified atom stereocenters. The van der Waals surface area contributed by atoms with Gasteiger partial charge >= 0.3 is 151 Å². The van der Waals surface area contributed by atoms with Gasteiger partial charge in [-0.15, -0.1) is 0 Å². The van der Waals surface area contributed by atoms with Crippen LogP contribution in [0.5, 0.6) is 0 Å². The zero-order valence-electron chi connectivity index (χ0n) is 17.8. The zero-order valence-corrected chi connectivity index (χ0v) is 18.9. The fourth-order valence-corrected chi connectivity index (χ4v) is 113. The minimum atomic E-state index is -3.56. The Morgan fingerprint density at radius 2 is 0.885 bits per heavy atom. The molecule has 1 heteroatoms. The monoisotopic (exact) mass is 396 g/mol. The van der Waals surface area contributed by atoms with Crippen LogP contribution in [0.15, 0.2) is 0 Å². The van der Waals surface area contributed by atoms with Crippen molar-refractivity contribution in [3.05, 3.63) is 0 Å². The SMILES string of the molecule is CCC[C]12[CH]3[CH]4[C]5(CCC)[CH]1[Fe]34251678[CH]2[C]1(CCC)[CH]6[C]7(CCC)[C]28CCC. The van der Waals surface area contributed by atoms with Crippen molar-refractivity contribution in [2.45, 2.75) is 144 Å². The van der Waals surface area contributed by atoms with Gasteiger partial charge < -0.3 is 0 Å². The summed E-state index contributed by atoms with van der Waals surface area (Å²) >= 11 is 0. The van der Waals surface area contributed by atoms with Crippen LogP contribution < -0.4 is 0 Å². The minimum absolute atomic E-state index is 1.08. The first-order valence-corrected chi connectivity index (χ1v) is 18.5. The van der Waals surface area contributed by atoms with Crippen LogP contribution in [-0.4, -0.2) is 0 Å². The molecule has 26 heavy (non-hydrogen) atoms. The van der Waals surface area contributed by atoms with E-state index in [0.717, 1.165) is 21.6 Å². The Hall–Kier alpha value is 0.519. The van der Waals surface area contributed by atoms with Gasteiger partial charge in [0.15, 0.2) is 0 Å². The molecule has 0 aliphatic carbocycles. The Morgan fingerprint density at radius 3 is 1.27 bits per heavy atom. The van der Waals surface area contributed by atoms with Gasteiger partial charge in [0.2, 0.25) is 0 Å². The molecule has 10 rings (SSSR count). The third-order valence-corrected chi connectivity index (χ3v) is 67.1. The molecule has 0 nitrogen and oxygen atoms in total. The van der Waals surface area contributed by atoms with Crippen LogP contribution in [-0.2, 0) is 6.51 Å². The molecule has 0 bridgehead atoms. The maximum atomic E-state index is 2.57. The third kappa shape index (κ3) is 0.165. The van der Waals surface area contributed by atoms with Crippen LogP contribution in [0.4, 0.5) is 0 Å². The average molecular weight is 396 g/mol. The van der Waals surface area contributed by atoms with Crippen LogP contribution in [0.25, 0.3) is 0 Å². The Kier molecular flexibility index (Phi) is 0.799. The maximum absolute atomic E-state index is 3.56. The van der Waals surface area contributed by atoms with E-state index in [1.54, 1.807) is 32.1 Å². The Bertz CT molecular complexity index is 1160. The summed E-state index contributed by atoms with van der Waals surface area (Å²) in [5.74, 6) is 0. The van der Waals surface area contributed by atoms with Crippen molar-refractivity contribution in [3.8, 4) is 0 Å². The van der Waals surface area contributed by atoms with E-state index in [9.17, 15) is 0 Å². The summed E-state index contributed by atoms with van der Waals surface area (Å²) in [5, 5.41) is 0. The topological polar surface area (TPSA) is 0 Å². The van der Waals surface area contributed by atoms with Crippen molar-refractivity contribution >= 4 is 0 Å². The third-order valence-electron chi connectivity index (χ3n) is 19.8. The van der Waals surface area contributed by atoms with Crippen molar-refractivity contribution in [2.75, 3.05) is 0 Å². The van der Waals surface area contributed by atoms with E-state index in [1.165, 1.54) is 56.2 Å². The standard InChI is InChI=1S/C14H23.C11H17.Fe/c1-4-7-12-10-13(8-5-2)14(11-12)9-6-3;1-3-5-10-7-8-11(9-10)6-4-2;/h10-11H,4-9H2,1-3H3;7-9H,3-6H2,1-2H3;. The molecule has 0 saturated carbocycles. The van der Waals surface area contributed by atoms with Gasteiger partial charge in [0.25, 0.3) is 0 Å². The van der Waals surface area contributed by atoms with Gasteiger partial charge in [0.05, 0.1) is 0 Å². The number of fused-ring (bicyclic) bond motifs is 10. The van der Waals surface area contributed by atoms with E-state index in [4.69, 9.17) is 0 Å². The van der Waals surface area contributed by atoms with Crippen molar-refractivity contribution < 1.29 is 6.51 Å². The van der Waals surface area contributed by atoms with Crippen molar-refractivity contribution in [1.29, 1.82) is 0 Å². The van der Waals surface area contributed by atoms with Gasteiger partial charge in [-0.25, -0.2) is 0 Å².